The molecule has 0 saturated heterocycles. The first kappa shape index (κ1) is 24.2. The number of sulfonamides is 1. The third kappa shape index (κ3) is 5.52. The highest BCUT2D eigenvalue weighted by Gasteiger charge is 2.38. The second-order valence-corrected chi connectivity index (χ2v) is 9.39. The number of ether oxygens (including phenoxy) is 2. The Labute approximate surface area is 178 Å². The number of carbonyl (C=O) groups excluding carboxylic acids is 1. The van der Waals surface area contributed by atoms with Gasteiger partial charge >= 0.3 is 0 Å². The molecule has 1 heterocycles. The summed E-state index contributed by atoms with van der Waals surface area (Å²) in [7, 11) is -0.685. The molecule has 8 nitrogen and oxygen atoms in total. The number of aliphatic hydroxyl groups excluding tert-OH is 1. The van der Waals surface area contributed by atoms with Gasteiger partial charge in [0.2, 0.25) is 15.9 Å². The lowest BCUT2D eigenvalue weighted by Gasteiger charge is -2.37. The second kappa shape index (κ2) is 10.3. The van der Waals surface area contributed by atoms with Crippen LogP contribution in [-0.2, 0) is 19.6 Å². The van der Waals surface area contributed by atoms with Gasteiger partial charge in [-0.05, 0) is 25.1 Å². The first-order valence-corrected chi connectivity index (χ1v) is 11.2. The molecular formula is C21H30N2O6S. The number of carbonyl (C=O) groups is 1. The normalized spacial score (nSPS) is 21.8. The maximum absolute atomic E-state index is 13.3. The van der Waals surface area contributed by atoms with E-state index in [-0.39, 0.29) is 42.2 Å². The fraction of sp³-hybridized carbons (Fsp3) is 0.571. The third-order valence-corrected chi connectivity index (χ3v) is 7.13. The van der Waals surface area contributed by atoms with Crippen molar-refractivity contribution in [2.24, 2.45) is 5.92 Å². The SMILES string of the molecule is COCC#Cc1ccc2c(c1)O[C@H](CN(C)C(C)=O)[C@H](C)CN([C@@H](C)CO)S2(=O)=O. The van der Waals surface area contributed by atoms with Crippen molar-refractivity contribution >= 4 is 15.9 Å². The van der Waals surface area contributed by atoms with Crippen LogP contribution in [0.4, 0.5) is 0 Å². The van der Waals surface area contributed by atoms with Gasteiger partial charge in [0.15, 0.2) is 0 Å². The van der Waals surface area contributed by atoms with Crippen LogP contribution in [0.3, 0.4) is 0 Å². The average Bonchev–Trinajstić information content (AvgIpc) is 2.70. The van der Waals surface area contributed by atoms with Crippen LogP contribution >= 0.6 is 0 Å². The van der Waals surface area contributed by atoms with Crippen molar-refractivity contribution in [2.45, 2.75) is 37.8 Å². The minimum atomic E-state index is -3.90. The van der Waals surface area contributed by atoms with E-state index < -0.39 is 22.2 Å². The lowest BCUT2D eigenvalue weighted by atomic mass is 10.0. The Bertz CT molecular complexity index is 921. The van der Waals surface area contributed by atoms with E-state index in [0.717, 1.165) is 0 Å². The molecule has 0 aliphatic carbocycles. The Morgan fingerprint density at radius 1 is 1.47 bits per heavy atom. The summed E-state index contributed by atoms with van der Waals surface area (Å²) >= 11 is 0. The highest BCUT2D eigenvalue weighted by atomic mass is 32.2. The molecule has 1 aromatic rings. The average molecular weight is 439 g/mol. The molecule has 0 unspecified atom stereocenters. The smallest absolute Gasteiger partial charge is 0.247 e. The molecule has 3 atom stereocenters. The monoisotopic (exact) mass is 438 g/mol. The maximum atomic E-state index is 13.3. The van der Waals surface area contributed by atoms with Crippen molar-refractivity contribution in [2.75, 3.05) is 40.5 Å². The van der Waals surface area contributed by atoms with Crippen LogP contribution in [0.25, 0.3) is 0 Å². The first-order valence-electron chi connectivity index (χ1n) is 9.74. The van der Waals surface area contributed by atoms with Crippen LogP contribution in [0.5, 0.6) is 5.75 Å². The Morgan fingerprint density at radius 2 is 2.17 bits per heavy atom. The Kier molecular flexibility index (Phi) is 8.26. The zero-order valence-corrected chi connectivity index (χ0v) is 18.9. The highest BCUT2D eigenvalue weighted by molar-refractivity contribution is 7.89. The summed E-state index contributed by atoms with van der Waals surface area (Å²) in [5, 5.41) is 9.64. The summed E-state index contributed by atoms with van der Waals surface area (Å²) in [6, 6.07) is 4.08. The zero-order chi connectivity index (χ0) is 22.5. The molecule has 166 valence electrons. The molecule has 9 heteroatoms. The molecular weight excluding hydrogens is 408 g/mol. The molecule has 0 saturated carbocycles. The van der Waals surface area contributed by atoms with Crippen LogP contribution in [0.2, 0.25) is 0 Å². The van der Waals surface area contributed by atoms with E-state index in [1.807, 2.05) is 6.92 Å². The predicted molar refractivity (Wildman–Crippen MR) is 113 cm³/mol. The van der Waals surface area contributed by atoms with E-state index in [0.29, 0.717) is 12.1 Å². The molecule has 1 aliphatic rings. The van der Waals surface area contributed by atoms with Gasteiger partial charge in [-0.25, -0.2) is 8.42 Å². The van der Waals surface area contributed by atoms with E-state index in [4.69, 9.17) is 9.47 Å². The van der Waals surface area contributed by atoms with Crippen molar-refractivity contribution in [3.05, 3.63) is 23.8 Å². The zero-order valence-electron chi connectivity index (χ0n) is 18.1. The van der Waals surface area contributed by atoms with Gasteiger partial charge in [-0.15, -0.1) is 0 Å². The molecule has 0 bridgehead atoms. The second-order valence-electron chi connectivity index (χ2n) is 7.54. The fourth-order valence-corrected chi connectivity index (χ4v) is 4.96. The van der Waals surface area contributed by atoms with Crippen LogP contribution < -0.4 is 4.74 Å². The van der Waals surface area contributed by atoms with Gasteiger partial charge in [-0.1, -0.05) is 18.8 Å². The molecule has 30 heavy (non-hydrogen) atoms. The Morgan fingerprint density at radius 3 is 2.77 bits per heavy atom. The number of hydrogen-bond donors (Lipinski definition) is 1. The summed E-state index contributed by atoms with van der Waals surface area (Å²) in [4.78, 5) is 13.3. The molecule has 2 rings (SSSR count). The van der Waals surface area contributed by atoms with Crippen molar-refractivity contribution in [3.8, 4) is 17.6 Å². The van der Waals surface area contributed by atoms with Gasteiger partial charge in [0.25, 0.3) is 0 Å². The van der Waals surface area contributed by atoms with Crippen molar-refractivity contribution in [1.82, 2.24) is 9.21 Å². The van der Waals surface area contributed by atoms with Gasteiger partial charge < -0.3 is 19.5 Å². The van der Waals surface area contributed by atoms with Crippen LogP contribution in [0, 0.1) is 17.8 Å². The molecule has 1 N–H and O–H groups in total. The minimum Gasteiger partial charge on any atom is -0.487 e. The molecule has 1 aliphatic heterocycles. The lowest BCUT2D eigenvalue weighted by Crippen LogP contribution is -2.50. The minimum absolute atomic E-state index is 0.0162. The summed E-state index contributed by atoms with van der Waals surface area (Å²) in [5.41, 5.74) is 0.592. The first-order chi connectivity index (χ1) is 14.1. The van der Waals surface area contributed by atoms with Crippen molar-refractivity contribution < 1.29 is 27.8 Å². The summed E-state index contributed by atoms with van der Waals surface area (Å²) in [6.07, 6.45) is -0.441. The van der Waals surface area contributed by atoms with Crippen LogP contribution in [0.15, 0.2) is 23.1 Å². The molecule has 0 fully saturated rings. The summed E-state index contributed by atoms with van der Waals surface area (Å²) in [5.74, 6) is 5.60. The third-order valence-electron chi connectivity index (χ3n) is 5.11. The van der Waals surface area contributed by atoms with E-state index in [1.54, 1.807) is 38.1 Å². The quantitative estimate of drug-likeness (QED) is 0.687. The summed E-state index contributed by atoms with van der Waals surface area (Å²) in [6.45, 7) is 5.41. The van der Waals surface area contributed by atoms with E-state index in [9.17, 15) is 18.3 Å². The molecule has 0 aromatic heterocycles. The van der Waals surface area contributed by atoms with E-state index >= 15 is 0 Å². The lowest BCUT2D eigenvalue weighted by molar-refractivity contribution is -0.129. The number of hydrogen-bond acceptors (Lipinski definition) is 6. The number of aliphatic hydroxyl groups is 1. The maximum Gasteiger partial charge on any atom is 0.247 e. The predicted octanol–water partition coefficient (Wildman–Crippen LogP) is 0.931. The number of nitrogens with zero attached hydrogens (tertiary/aromatic N) is 2. The molecule has 1 amide bonds. The van der Waals surface area contributed by atoms with Crippen molar-refractivity contribution in [3.63, 3.8) is 0 Å². The number of amides is 1. The topological polar surface area (TPSA) is 96.4 Å². The van der Waals surface area contributed by atoms with Gasteiger partial charge in [-0.3, -0.25) is 4.79 Å². The highest BCUT2D eigenvalue weighted by Crippen LogP contribution is 2.34. The van der Waals surface area contributed by atoms with Gasteiger partial charge in [0.05, 0.1) is 13.2 Å². The molecule has 1 aromatic carbocycles. The Hall–Kier alpha value is -2.12. The Balaban J connectivity index is 2.57. The molecule has 0 radical (unpaired) electrons. The number of likely N-dealkylation sites (N-methyl/N-ethyl adjacent to an activating group) is 1. The van der Waals surface area contributed by atoms with Crippen molar-refractivity contribution in [1.29, 1.82) is 0 Å². The number of rotatable bonds is 5. The standard InChI is InChI=1S/C21H30N2O6S/c1-15-12-23(16(2)14-24)30(26,27)21-9-8-18(7-6-10-28-5)11-19(21)29-20(15)13-22(4)17(3)25/h8-9,11,15-16,20,24H,10,12-14H2,1-5H3/t15-,16+,20-/m1/s1. The summed E-state index contributed by atoms with van der Waals surface area (Å²) < 4.78 is 39.1. The number of benzene rings is 1. The largest absolute Gasteiger partial charge is 0.487 e. The molecule has 0 spiro atoms. The number of fused-ring (bicyclic) bond motifs is 1. The van der Waals surface area contributed by atoms with E-state index in [1.165, 1.54) is 17.3 Å². The van der Waals surface area contributed by atoms with Gasteiger partial charge in [-0.2, -0.15) is 4.31 Å². The van der Waals surface area contributed by atoms with Crippen LogP contribution in [0.1, 0.15) is 26.3 Å². The van der Waals surface area contributed by atoms with Gasteiger partial charge in [0.1, 0.15) is 23.4 Å². The fourth-order valence-electron chi connectivity index (χ4n) is 3.13. The number of methoxy groups -OCH3 is 1. The van der Waals surface area contributed by atoms with Crippen LogP contribution in [-0.4, -0.2) is 81.2 Å². The van der Waals surface area contributed by atoms with E-state index in [2.05, 4.69) is 11.8 Å². The van der Waals surface area contributed by atoms with Gasteiger partial charge in [0, 0.05) is 45.1 Å².